The van der Waals surface area contributed by atoms with Gasteiger partial charge in [0.2, 0.25) is 0 Å². The normalized spacial score (nSPS) is 15.1. The molecule has 2 amide bonds. The van der Waals surface area contributed by atoms with E-state index in [1.165, 1.54) is 10.5 Å². The highest BCUT2D eigenvalue weighted by molar-refractivity contribution is 14.1. The first-order valence-electron chi connectivity index (χ1n) is 8.84. The van der Waals surface area contributed by atoms with Gasteiger partial charge in [0.1, 0.15) is 12.4 Å². The lowest BCUT2D eigenvalue weighted by Crippen LogP contribution is -2.29. The quantitative estimate of drug-likeness (QED) is 0.228. The Bertz CT molecular complexity index is 976. The van der Waals surface area contributed by atoms with Crippen LogP contribution in [0.1, 0.15) is 17.5 Å². The summed E-state index contributed by atoms with van der Waals surface area (Å²) in [6.07, 6.45) is 8.59. The third-order valence-corrected chi connectivity index (χ3v) is 6.69. The number of hydrogen-bond acceptors (Lipinski definition) is 4. The number of thioether (sulfide) groups is 1. The molecular formula is C22H17I2NO3S. The van der Waals surface area contributed by atoms with Crippen molar-refractivity contribution in [3.05, 3.63) is 65.6 Å². The summed E-state index contributed by atoms with van der Waals surface area (Å²) in [4.78, 5) is 26.8. The van der Waals surface area contributed by atoms with Crippen LogP contribution in [-0.2, 0) is 11.2 Å². The Labute approximate surface area is 201 Å². The van der Waals surface area contributed by atoms with Crippen LogP contribution in [-0.4, -0.2) is 29.2 Å². The molecule has 0 N–H and O–H groups in total. The molecular weight excluding hydrogens is 612 g/mol. The number of halogens is 2. The van der Waals surface area contributed by atoms with Gasteiger partial charge in [-0.05, 0) is 99.1 Å². The average Bonchev–Trinajstić information content (AvgIpc) is 2.95. The third kappa shape index (κ3) is 5.77. The largest absolute Gasteiger partial charge is 0.479 e. The highest BCUT2D eigenvalue weighted by atomic mass is 127. The lowest BCUT2D eigenvalue weighted by atomic mass is 10.1. The van der Waals surface area contributed by atoms with Gasteiger partial charge < -0.3 is 4.74 Å². The molecule has 3 rings (SSSR count). The molecule has 1 saturated heterocycles. The van der Waals surface area contributed by atoms with Crippen LogP contribution in [0, 0.1) is 19.5 Å². The molecule has 0 saturated carbocycles. The first kappa shape index (κ1) is 22.2. The van der Waals surface area contributed by atoms with Crippen LogP contribution in [0.15, 0.2) is 47.4 Å². The fourth-order valence-electron chi connectivity index (χ4n) is 2.84. The Balaban J connectivity index is 1.68. The molecule has 0 radical (unpaired) electrons. The smallest absolute Gasteiger partial charge is 0.293 e. The predicted molar refractivity (Wildman–Crippen MR) is 134 cm³/mol. The van der Waals surface area contributed by atoms with Gasteiger partial charge in [-0.1, -0.05) is 36.3 Å². The van der Waals surface area contributed by atoms with Crippen LogP contribution < -0.4 is 4.74 Å². The zero-order valence-electron chi connectivity index (χ0n) is 15.4. The van der Waals surface area contributed by atoms with Crippen molar-refractivity contribution in [2.24, 2.45) is 0 Å². The van der Waals surface area contributed by atoms with Crippen LogP contribution in [0.3, 0.4) is 0 Å². The number of terminal acetylenes is 1. The highest BCUT2D eigenvalue weighted by Gasteiger charge is 2.34. The number of benzene rings is 2. The summed E-state index contributed by atoms with van der Waals surface area (Å²) in [7, 11) is 0. The number of carbonyl (C=O) groups is 2. The fraction of sp³-hybridized carbons (Fsp3) is 0.182. The van der Waals surface area contributed by atoms with Gasteiger partial charge in [0, 0.05) is 6.54 Å². The summed E-state index contributed by atoms with van der Waals surface area (Å²) in [5.41, 5.74) is 2.05. The lowest BCUT2D eigenvalue weighted by molar-refractivity contribution is -0.122. The molecule has 1 aliphatic heterocycles. The number of carbonyl (C=O) groups excluding carboxylic acids is 2. The van der Waals surface area contributed by atoms with Gasteiger partial charge in [0.15, 0.2) is 0 Å². The van der Waals surface area contributed by atoms with E-state index in [2.05, 4.69) is 51.1 Å². The second-order valence-corrected chi connectivity index (χ2v) is 9.55. The van der Waals surface area contributed by atoms with E-state index in [1.54, 1.807) is 6.08 Å². The maximum Gasteiger partial charge on any atom is 0.293 e. The monoisotopic (exact) mass is 629 g/mol. The summed E-state index contributed by atoms with van der Waals surface area (Å²) in [6.45, 7) is 0.623. The number of nitrogens with zero attached hydrogens (tertiary/aromatic N) is 1. The van der Waals surface area contributed by atoms with Crippen LogP contribution in [0.4, 0.5) is 4.79 Å². The molecule has 4 nitrogen and oxygen atoms in total. The molecule has 148 valence electrons. The van der Waals surface area contributed by atoms with Crippen LogP contribution in [0.25, 0.3) is 6.08 Å². The van der Waals surface area contributed by atoms with E-state index >= 15 is 0 Å². The number of imide groups is 1. The maximum atomic E-state index is 12.7. The van der Waals surface area contributed by atoms with E-state index < -0.39 is 0 Å². The Kier molecular flexibility index (Phi) is 8.03. The third-order valence-electron chi connectivity index (χ3n) is 4.18. The molecule has 2 aromatic carbocycles. The van der Waals surface area contributed by atoms with Crippen molar-refractivity contribution in [1.29, 1.82) is 0 Å². The van der Waals surface area contributed by atoms with Crippen LogP contribution >= 0.6 is 56.9 Å². The first-order valence-corrected chi connectivity index (χ1v) is 11.8. The molecule has 0 bridgehead atoms. The Hall–Kier alpha value is -1.51. The summed E-state index contributed by atoms with van der Waals surface area (Å²) in [5, 5.41) is -0.215. The number of hydrogen-bond donors (Lipinski definition) is 0. The van der Waals surface area contributed by atoms with Gasteiger partial charge in [0.05, 0.1) is 12.0 Å². The predicted octanol–water partition coefficient (Wildman–Crippen LogP) is 5.58. The molecule has 0 aromatic heterocycles. The molecule has 29 heavy (non-hydrogen) atoms. The van der Waals surface area contributed by atoms with Crippen molar-refractivity contribution in [1.82, 2.24) is 4.90 Å². The van der Waals surface area contributed by atoms with Crippen molar-refractivity contribution in [3.63, 3.8) is 0 Å². The summed E-state index contributed by atoms with van der Waals surface area (Å²) in [5.74, 6) is 2.96. The molecule has 1 aliphatic rings. The standard InChI is InChI=1S/C22H17I2NO3S/c1-2-11-28-20-17(23)12-16(13-18(20)24)14-19-21(26)25(22(27)29-19)10-6-9-15-7-4-3-5-8-15/h1,3-5,7-8,12-14H,6,9-11H2/b19-14+. The number of rotatable bonds is 7. The van der Waals surface area contributed by atoms with E-state index in [0.29, 0.717) is 11.4 Å². The minimum absolute atomic E-state index is 0.202. The minimum Gasteiger partial charge on any atom is -0.479 e. The Morgan fingerprint density at radius 3 is 2.48 bits per heavy atom. The van der Waals surface area contributed by atoms with E-state index in [-0.39, 0.29) is 17.8 Å². The molecule has 1 fully saturated rings. The zero-order chi connectivity index (χ0) is 20.8. The maximum absolute atomic E-state index is 12.7. The SMILES string of the molecule is C#CCOc1c(I)cc(/C=C2/SC(=O)N(CCCc3ccccc3)C2=O)cc1I. The Morgan fingerprint density at radius 2 is 1.83 bits per heavy atom. The molecule has 1 heterocycles. The minimum atomic E-state index is -0.231. The summed E-state index contributed by atoms with van der Waals surface area (Å²) >= 11 is 5.35. The molecule has 0 spiro atoms. The number of ether oxygens (including phenoxy) is 1. The van der Waals surface area contributed by atoms with Crippen LogP contribution in [0.2, 0.25) is 0 Å². The Morgan fingerprint density at radius 1 is 1.14 bits per heavy atom. The van der Waals surface area contributed by atoms with Gasteiger partial charge in [0.25, 0.3) is 11.1 Å². The van der Waals surface area contributed by atoms with Crippen LogP contribution in [0.5, 0.6) is 5.75 Å². The molecule has 7 heteroatoms. The molecule has 0 unspecified atom stereocenters. The average molecular weight is 629 g/mol. The summed E-state index contributed by atoms with van der Waals surface area (Å²) in [6, 6.07) is 13.9. The van der Waals surface area contributed by atoms with E-state index in [9.17, 15) is 9.59 Å². The summed E-state index contributed by atoms with van der Waals surface area (Å²) < 4.78 is 7.37. The van der Waals surface area contributed by atoms with Gasteiger partial charge in [-0.15, -0.1) is 6.42 Å². The number of amides is 2. The van der Waals surface area contributed by atoms with Crippen molar-refractivity contribution >= 4 is 74.2 Å². The van der Waals surface area contributed by atoms with Crippen molar-refractivity contribution in [3.8, 4) is 18.1 Å². The topological polar surface area (TPSA) is 46.6 Å². The van der Waals surface area contributed by atoms with E-state index in [1.807, 2.05) is 42.5 Å². The van der Waals surface area contributed by atoms with Crippen molar-refractivity contribution in [2.75, 3.05) is 13.2 Å². The molecule has 0 atom stereocenters. The van der Waals surface area contributed by atoms with E-state index in [4.69, 9.17) is 11.2 Å². The molecule has 0 aliphatic carbocycles. The van der Waals surface area contributed by atoms with Gasteiger partial charge in [-0.2, -0.15) is 0 Å². The van der Waals surface area contributed by atoms with Gasteiger partial charge >= 0.3 is 0 Å². The number of aryl methyl sites for hydroxylation is 1. The van der Waals surface area contributed by atoms with Crippen molar-refractivity contribution in [2.45, 2.75) is 12.8 Å². The van der Waals surface area contributed by atoms with E-state index in [0.717, 1.165) is 43.1 Å². The second-order valence-electron chi connectivity index (χ2n) is 6.23. The first-order chi connectivity index (χ1) is 14.0. The van der Waals surface area contributed by atoms with Crippen molar-refractivity contribution < 1.29 is 14.3 Å². The molecule has 2 aromatic rings. The van der Waals surface area contributed by atoms with Gasteiger partial charge in [-0.25, -0.2) is 0 Å². The van der Waals surface area contributed by atoms with Gasteiger partial charge in [-0.3, -0.25) is 14.5 Å². The second kappa shape index (κ2) is 10.5. The fourth-order valence-corrected chi connectivity index (χ4v) is 5.84. The zero-order valence-corrected chi connectivity index (χ0v) is 20.5. The highest BCUT2D eigenvalue weighted by Crippen LogP contribution is 2.35. The lowest BCUT2D eigenvalue weighted by Gasteiger charge is -2.12.